The van der Waals surface area contributed by atoms with Crippen molar-refractivity contribution in [1.29, 1.82) is 0 Å². The van der Waals surface area contributed by atoms with Crippen LogP contribution in [-0.4, -0.2) is 78.3 Å². The summed E-state index contributed by atoms with van der Waals surface area (Å²) in [7, 11) is 9.62. The van der Waals surface area contributed by atoms with E-state index in [9.17, 15) is 0 Å². The lowest BCUT2D eigenvalue weighted by molar-refractivity contribution is 0.324. The van der Waals surface area contributed by atoms with Crippen molar-refractivity contribution in [3.8, 4) is 57.0 Å². The zero-order valence-electron chi connectivity index (χ0n) is 25.4. The van der Waals surface area contributed by atoms with Gasteiger partial charge in [-0.2, -0.15) is 0 Å². The summed E-state index contributed by atoms with van der Waals surface area (Å²) in [5, 5.41) is 7.27. The third kappa shape index (κ3) is 6.16. The number of aromatic nitrogens is 2. The molecule has 1 fully saturated rings. The highest BCUT2D eigenvalue weighted by Gasteiger charge is 2.28. The third-order valence-corrected chi connectivity index (χ3v) is 7.68. The summed E-state index contributed by atoms with van der Waals surface area (Å²) in [6.07, 6.45) is 3.69. The molecule has 0 spiro atoms. The van der Waals surface area contributed by atoms with E-state index < -0.39 is 0 Å². The molecule has 5 rings (SSSR count). The molecule has 0 saturated carbocycles. The number of hydrogen-bond donors (Lipinski definition) is 2. The van der Waals surface area contributed by atoms with Gasteiger partial charge in [0.25, 0.3) is 0 Å². The number of pyridine rings is 2. The van der Waals surface area contributed by atoms with Crippen LogP contribution < -0.4 is 39.1 Å². The Labute approximate surface area is 252 Å². The van der Waals surface area contributed by atoms with E-state index in [0.717, 1.165) is 53.3 Å². The minimum absolute atomic E-state index is 0.000351. The molecule has 0 amide bonds. The average molecular weight is 587 g/mol. The topological polar surface area (TPSA) is 105 Å². The molecule has 2 aromatic heterocycles. The highest BCUT2D eigenvalue weighted by Crippen LogP contribution is 2.43. The third-order valence-electron chi connectivity index (χ3n) is 7.68. The van der Waals surface area contributed by atoms with Gasteiger partial charge in [-0.25, -0.2) is 0 Å². The molecule has 1 aliphatic rings. The molecule has 10 nitrogen and oxygen atoms in total. The Bertz CT molecular complexity index is 1400. The molecule has 2 N–H and O–H groups in total. The van der Waals surface area contributed by atoms with Crippen LogP contribution in [0.4, 0.5) is 0 Å². The number of benzene rings is 2. The summed E-state index contributed by atoms with van der Waals surface area (Å²) in [5.74, 6) is 3.37. The molecule has 10 heteroatoms. The monoisotopic (exact) mass is 586 g/mol. The van der Waals surface area contributed by atoms with Crippen LogP contribution in [-0.2, 0) is 0 Å². The predicted molar refractivity (Wildman–Crippen MR) is 165 cm³/mol. The molecule has 2 aromatic carbocycles. The number of ether oxygens (including phenoxy) is 6. The van der Waals surface area contributed by atoms with Crippen molar-refractivity contribution in [2.75, 3.05) is 62.3 Å². The summed E-state index contributed by atoms with van der Waals surface area (Å²) < 4.78 is 33.5. The summed E-state index contributed by atoms with van der Waals surface area (Å²) in [6.45, 7) is 2.61. The van der Waals surface area contributed by atoms with E-state index in [1.54, 1.807) is 42.7 Å². The van der Waals surface area contributed by atoms with Gasteiger partial charge in [0.15, 0.2) is 23.0 Å². The van der Waals surface area contributed by atoms with Crippen molar-refractivity contribution >= 4 is 0 Å². The van der Waals surface area contributed by atoms with Gasteiger partial charge in [-0.05, 0) is 59.7 Å². The lowest BCUT2D eigenvalue weighted by Crippen LogP contribution is -2.51. The van der Waals surface area contributed by atoms with Crippen LogP contribution in [0.2, 0.25) is 0 Å². The number of piperazine rings is 1. The highest BCUT2D eigenvalue weighted by atomic mass is 16.5. The number of nitrogens with zero attached hydrogens (tertiary/aromatic N) is 2. The number of rotatable bonds is 11. The van der Waals surface area contributed by atoms with Crippen molar-refractivity contribution in [2.45, 2.75) is 12.0 Å². The maximum absolute atomic E-state index is 5.60. The van der Waals surface area contributed by atoms with Gasteiger partial charge in [0, 0.05) is 55.1 Å². The van der Waals surface area contributed by atoms with E-state index >= 15 is 0 Å². The normalized spacial score (nSPS) is 14.7. The lowest BCUT2D eigenvalue weighted by atomic mass is 9.84. The Hall–Kier alpha value is -4.54. The Balaban J connectivity index is 1.60. The second-order valence-corrected chi connectivity index (χ2v) is 10.0. The predicted octanol–water partition coefficient (Wildman–Crippen LogP) is 4.56. The van der Waals surface area contributed by atoms with Crippen molar-refractivity contribution in [3.63, 3.8) is 0 Å². The van der Waals surface area contributed by atoms with Crippen molar-refractivity contribution in [2.24, 2.45) is 0 Å². The summed E-state index contributed by atoms with van der Waals surface area (Å²) in [5.41, 5.74) is 5.54. The summed E-state index contributed by atoms with van der Waals surface area (Å²) >= 11 is 0. The molecular formula is C33H38N4O6. The molecule has 226 valence electrons. The number of nitrogens with one attached hydrogen (secondary N) is 2. The van der Waals surface area contributed by atoms with E-state index in [4.69, 9.17) is 38.4 Å². The molecular weight excluding hydrogens is 548 g/mol. The Morgan fingerprint density at radius 1 is 0.605 bits per heavy atom. The van der Waals surface area contributed by atoms with Crippen molar-refractivity contribution in [3.05, 3.63) is 72.1 Å². The Morgan fingerprint density at radius 3 is 1.40 bits per heavy atom. The van der Waals surface area contributed by atoms with E-state index in [2.05, 4.69) is 34.9 Å². The van der Waals surface area contributed by atoms with Crippen LogP contribution in [0, 0.1) is 0 Å². The van der Waals surface area contributed by atoms with Crippen LogP contribution in [0.5, 0.6) is 34.5 Å². The second kappa shape index (κ2) is 13.6. The highest BCUT2D eigenvalue weighted by molar-refractivity contribution is 5.71. The number of hydrogen-bond acceptors (Lipinski definition) is 10. The molecule has 0 aliphatic carbocycles. The molecule has 1 saturated heterocycles. The van der Waals surface area contributed by atoms with Crippen molar-refractivity contribution < 1.29 is 28.4 Å². The quantitative estimate of drug-likeness (QED) is 0.260. The first-order chi connectivity index (χ1) is 21.0. The van der Waals surface area contributed by atoms with Gasteiger partial charge < -0.3 is 39.1 Å². The summed E-state index contributed by atoms with van der Waals surface area (Å²) in [4.78, 5) is 9.43. The van der Waals surface area contributed by atoms with Crippen LogP contribution in [0.25, 0.3) is 22.5 Å². The molecule has 1 unspecified atom stereocenters. The van der Waals surface area contributed by atoms with Gasteiger partial charge in [0.1, 0.15) is 0 Å². The van der Waals surface area contributed by atoms with Crippen molar-refractivity contribution in [1.82, 2.24) is 20.6 Å². The zero-order chi connectivity index (χ0) is 30.3. The Morgan fingerprint density at radius 2 is 1.05 bits per heavy atom. The first-order valence-corrected chi connectivity index (χ1v) is 14.0. The Kier molecular flexibility index (Phi) is 9.48. The smallest absolute Gasteiger partial charge is 0.203 e. The second-order valence-electron chi connectivity index (χ2n) is 10.0. The minimum Gasteiger partial charge on any atom is -0.493 e. The fourth-order valence-electron chi connectivity index (χ4n) is 5.62. The van der Waals surface area contributed by atoms with E-state index in [1.807, 2.05) is 36.7 Å². The van der Waals surface area contributed by atoms with Gasteiger partial charge in [-0.3, -0.25) is 9.97 Å². The fraction of sp³-hybridized carbons (Fsp3) is 0.333. The van der Waals surface area contributed by atoms with Gasteiger partial charge in [0.05, 0.1) is 54.0 Å². The van der Waals surface area contributed by atoms with Gasteiger partial charge in [-0.1, -0.05) is 0 Å². The minimum atomic E-state index is 0.000351. The van der Waals surface area contributed by atoms with E-state index in [-0.39, 0.29) is 12.0 Å². The maximum Gasteiger partial charge on any atom is 0.203 e. The number of methoxy groups -OCH3 is 6. The van der Waals surface area contributed by atoms with Gasteiger partial charge in [0.2, 0.25) is 11.5 Å². The molecule has 1 aliphatic heterocycles. The van der Waals surface area contributed by atoms with Crippen LogP contribution in [0.3, 0.4) is 0 Å². The molecule has 43 heavy (non-hydrogen) atoms. The molecule has 0 radical (unpaired) electrons. The first-order valence-electron chi connectivity index (χ1n) is 14.0. The zero-order valence-corrected chi connectivity index (χ0v) is 25.4. The lowest BCUT2D eigenvalue weighted by Gasteiger charge is -2.33. The van der Waals surface area contributed by atoms with E-state index in [1.165, 1.54) is 0 Å². The molecule has 4 aromatic rings. The van der Waals surface area contributed by atoms with Crippen LogP contribution in [0.1, 0.15) is 17.0 Å². The summed E-state index contributed by atoms with van der Waals surface area (Å²) in [6, 6.07) is 16.2. The first kappa shape index (κ1) is 29.9. The SMILES string of the molecule is COc1cc(-c2cc(C(c3ccnc(-c4cc(OC)c(OC)c(OC)c4)c3)C3CNCCN3)ccn2)cc(OC)c1OC. The molecule has 1 atom stereocenters. The maximum atomic E-state index is 5.60. The standard InChI is InChI=1S/C33H38N4O6/c1-38-27-15-22(16-28(39-2)32(27)42-5)24-13-20(7-9-35-24)31(26-19-34-11-12-37-26)21-8-10-36-25(14-21)23-17-29(40-3)33(43-6)30(18-23)41-4/h7-10,13-18,26,31,34,37H,11-12,19H2,1-6H3. The van der Waals surface area contributed by atoms with Gasteiger partial charge in [-0.15, -0.1) is 0 Å². The molecule has 3 heterocycles. The average Bonchev–Trinajstić information content (AvgIpc) is 3.07. The van der Waals surface area contributed by atoms with Crippen LogP contribution in [0.15, 0.2) is 60.9 Å². The van der Waals surface area contributed by atoms with Crippen LogP contribution >= 0.6 is 0 Å². The van der Waals surface area contributed by atoms with E-state index in [0.29, 0.717) is 34.5 Å². The van der Waals surface area contributed by atoms with Gasteiger partial charge >= 0.3 is 0 Å². The fourth-order valence-corrected chi connectivity index (χ4v) is 5.62. The molecule has 0 bridgehead atoms. The largest absolute Gasteiger partial charge is 0.493 e.